The van der Waals surface area contributed by atoms with Crippen LogP contribution in [0.5, 0.6) is 0 Å². The van der Waals surface area contributed by atoms with Gasteiger partial charge in [0.1, 0.15) is 18.0 Å². The molecular weight excluding hydrogens is 284 g/mol. The van der Waals surface area contributed by atoms with Crippen LogP contribution in [0.1, 0.15) is 6.42 Å². The predicted octanol–water partition coefficient (Wildman–Crippen LogP) is -0.569. The summed E-state index contributed by atoms with van der Waals surface area (Å²) in [5, 5.41) is 17.3. The van der Waals surface area contributed by atoms with E-state index >= 15 is 0 Å². The maximum absolute atomic E-state index is 11.8. The number of hydrogen-bond acceptors (Lipinski definition) is 6. The molecule has 1 saturated heterocycles. The molecule has 0 aliphatic carbocycles. The van der Waals surface area contributed by atoms with Crippen molar-refractivity contribution in [3.8, 4) is 0 Å². The Morgan fingerprint density at radius 3 is 3.05 bits per heavy atom. The molecule has 1 aliphatic rings. The molecule has 0 radical (unpaired) electrons. The molecule has 116 valence electrons. The normalized spacial score (nSPS) is 21.0. The molecule has 0 saturated carbocycles. The third kappa shape index (κ3) is 3.40. The molecule has 3 rings (SSSR count). The first-order valence-electron chi connectivity index (χ1n) is 7.12. The Morgan fingerprint density at radius 1 is 1.41 bits per heavy atom. The van der Waals surface area contributed by atoms with Crippen LogP contribution in [-0.4, -0.2) is 56.0 Å². The zero-order chi connectivity index (χ0) is 15.4. The Kier molecular flexibility index (Phi) is 4.01. The van der Waals surface area contributed by atoms with Crippen molar-refractivity contribution in [1.29, 1.82) is 0 Å². The maximum Gasteiger partial charge on any atom is 0.241 e. The van der Waals surface area contributed by atoms with Crippen molar-refractivity contribution in [2.75, 3.05) is 24.5 Å². The van der Waals surface area contributed by atoms with Gasteiger partial charge in [0, 0.05) is 44.4 Å². The number of nitrogens with zero attached hydrogens (tertiary/aromatic N) is 5. The molecule has 3 heterocycles. The number of carbonyl (C=O) groups is 1. The topological polar surface area (TPSA) is 96.2 Å². The van der Waals surface area contributed by atoms with Crippen LogP contribution in [-0.2, 0) is 11.3 Å². The van der Waals surface area contributed by atoms with Crippen molar-refractivity contribution in [3.63, 3.8) is 0 Å². The molecule has 1 fully saturated rings. The lowest BCUT2D eigenvalue weighted by Gasteiger charge is -2.24. The monoisotopic (exact) mass is 302 g/mol. The van der Waals surface area contributed by atoms with E-state index in [0.717, 1.165) is 5.82 Å². The van der Waals surface area contributed by atoms with Gasteiger partial charge in [0.25, 0.3) is 0 Å². The Morgan fingerprint density at radius 2 is 2.32 bits per heavy atom. The Balaban J connectivity index is 1.51. The van der Waals surface area contributed by atoms with Gasteiger partial charge in [-0.3, -0.25) is 14.5 Å². The van der Waals surface area contributed by atoms with Crippen molar-refractivity contribution in [1.82, 2.24) is 25.1 Å². The van der Waals surface area contributed by atoms with Gasteiger partial charge in [0.15, 0.2) is 0 Å². The fourth-order valence-corrected chi connectivity index (χ4v) is 2.51. The number of rotatable bonds is 5. The summed E-state index contributed by atoms with van der Waals surface area (Å²) in [5.74, 6) is 0.566. The first-order chi connectivity index (χ1) is 10.6. The summed E-state index contributed by atoms with van der Waals surface area (Å²) in [6, 6.07) is 1.76. The summed E-state index contributed by atoms with van der Waals surface area (Å²) in [6.07, 6.45) is 8.82. The van der Waals surface area contributed by atoms with E-state index in [1.165, 1.54) is 0 Å². The minimum Gasteiger partial charge on any atom is -0.386 e. The van der Waals surface area contributed by atoms with E-state index in [9.17, 15) is 9.90 Å². The van der Waals surface area contributed by atoms with Gasteiger partial charge < -0.3 is 15.3 Å². The maximum atomic E-state index is 11.8. The summed E-state index contributed by atoms with van der Waals surface area (Å²) in [7, 11) is 0. The minimum atomic E-state index is -0.947. The van der Waals surface area contributed by atoms with Crippen LogP contribution in [0.3, 0.4) is 0 Å². The van der Waals surface area contributed by atoms with Gasteiger partial charge in [0.05, 0.1) is 6.20 Å². The smallest absolute Gasteiger partial charge is 0.241 e. The number of hydrogen-bond donors (Lipinski definition) is 2. The molecular formula is C14H18N6O2. The number of β-amino-alcohol motifs (C(OH)–C–C–N with tert-alkyl or cyclic N) is 1. The average Bonchev–Trinajstić information content (AvgIpc) is 3.17. The van der Waals surface area contributed by atoms with Gasteiger partial charge in [-0.15, -0.1) is 0 Å². The molecule has 2 aromatic rings. The first-order valence-corrected chi connectivity index (χ1v) is 7.12. The Labute approximate surface area is 127 Å². The lowest BCUT2D eigenvalue weighted by molar-refractivity contribution is -0.122. The van der Waals surface area contributed by atoms with E-state index < -0.39 is 5.60 Å². The lowest BCUT2D eigenvalue weighted by Crippen LogP contribution is -2.45. The van der Waals surface area contributed by atoms with E-state index in [0.29, 0.717) is 19.5 Å². The summed E-state index contributed by atoms with van der Waals surface area (Å²) >= 11 is 0. The second kappa shape index (κ2) is 6.10. The first kappa shape index (κ1) is 14.5. The van der Waals surface area contributed by atoms with Crippen LogP contribution in [0.4, 0.5) is 5.82 Å². The van der Waals surface area contributed by atoms with Crippen molar-refractivity contribution < 1.29 is 9.90 Å². The van der Waals surface area contributed by atoms with Crippen LogP contribution in [0, 0.1) is 0 Å². The molecule has 8 nitrogen and oxygen atoms in total. The molecule has 1 aliphatic heterocycles. The van der Waals surface area contributed by atoms with E-state index in [1.807, 2.05) is 4.90 Å². The van der Waals surface area contributed by atoms with Crippen molar-refractivity contribution in [2.24, 2.45) is 0 Å². The fourth-order valence-electron chi connectivity index (χ4n) is 2.51. The number of nitrogens with one attached hydrogen (secondary N) is 1. The molecule has 22 heavy (non-hydrogen) atoms. The van der Waals surface area contributed by atoms with Crippen molar-refractivity contribution in [2.45, 2.75) is 18.6 Å². The van der Waals surface area contributed by atoms with Crippen LogP contribution in [0.15, 0.2) is 37.1 Å². The van der Waals surface area contributed by atoms with Gasteiger partial charge in [0.2, 0.25) is 5.91 Å². The average molecular weight is 302 g/mol. The van der Waals surface area contributed by atoms with Crippen LogP contribution < -0.4 is 10.2 Å². The summed E-state index contributed by atoms with van der Waals surface area (Å²) in [6.45, 7) is 1.47. The second-order valence-electron chi connectivity index (χ2n) is 5.44. The largest absolute Gasteiger partial charge is 0.386 e. The zero-order valence-corrected chi connectivity index (χ0v) is 12.1. The van der Waals surface area contributed by atoms with Crippen LogP contribution >= 0.6 is 0 Å². The SMILES string of the molecule is O=C(Cn1cccn1)NC[C@]1(O)CCN(c2cnccn2)C1. The highest BCUT2D eigenvalue weighted by Gasteiger charge is 2.36. The number of aliphatic hydroxyl groups is 1. The Bertz CT molecular complexity index is 618. The molecule has 1 amide bonds. The van der Waals surface area contributed by atoms with Gasteiger partial charge in [-0.2, -0.15) is 5.10 Å². The third-order valence-electron chi connectivity index (χ3n) is 3.69. The van der Waals surface area contributed by atoms with Gasteiger partial charge >= 0.3 is 0 Å². The van der Waals surface area contributed by atoms with Gasteiger partial charge in [-0.05, 0) is 12.5 Å². The number of carbonyl (C=O) groups excluding carboxylic acids is 1. The van der Waals surface area contributed by atoms with E-state index in [2.05, 4.69) is 20.4 Å². The quantitative estimate of drug-likeness (QED) is 0.768. The van der Waals surface area contributed by atoms with Gasteiger partial charge in [-0.1, -0.05) is 0 Å². The highest BCUT2D eigenvalue weighted by Crippen LogP contribution is 2.24. The lowest BCUT2D eigenvalue weighted by atomic mass is 10.0. The Hall–Kier alpha value is -2.48. The standard InChI is InChI=1S/C14H18N6O2/c21-13(9-20-6-1-3-18-20)17-10-14(22)2-7-19(11-14)12-8-15-4-5-16-12/h1,3-6,8,22H,2,7,9-11H2,(H,17,21)/t14-/m1/s1. The molecule has 2 N–H and O–H groups in total. The van der Waals surface area contributed by atoms with E-state index in [4.69, 9.17) is 0 Å². The molecule has 0 unspecified atom stereocenters. The van der Waals surface area contributed by atoms with E-state index in [1.54, 1.807) is 41.7 Å². The summed E-state index contributed by atoms with van der Waals surface area (Å²) in [4.78, 5) is 22.1. The second-order valence-corrected chi connectivity index (χ2v) is 5.44. The van der Waals surface area contributed by atoms with Crippen LogP contribution in [0.2, 0.25) is 0 Å². The number of amides is 1. The predicted molar refractivity (Wildman–Crippen MR) is 79.0 cm³/mol. The molecule has 0 spiro atoms. The van der Waals surface area contributed by atoms with E-state index in [-0.39, 0.29) is 19.0 Å². The number of aromatic nitrogens is 4. The van der Waals surface area contributed by atoms with Gasteiger partial charge in [-0.25, -0.2) is 4.98 Å². The molecule has 1 atom stereocenters. The molecule has 0 bridgehead atoms. The van der Waals surface area contributed by atoms with Crippen molar-refractivity contribution in [3.05, 3.63) is 37.1 Å². The summed E-state index contributed by atoms with van der Waals surface area (Å²) < 4.78 is 1.54. The van der Waals surface area contributed by atoms with Crippen molar-refractivity contribution >= 4 is 11.7 Å². The summed E-state index contributed by atoms with van der Waals surface area (Å²) in [5.41, 5.74) is -0.947. The highest BCUT2D eigenvalue weighted by atomic mass is 16.3. The third-order valence-corrected chi connectivity index (χ3v) is 3.69. The minimum absolute atomic E-state index is 0.150. The fraction of sp³-hybridized carbons (Fsp3) is 0.429. The molecule has 2 aromatic heterocycles. The highest BCUT2D eigenvalue weighted by molar-refractivity contribution is 5.75. The number of anilines is 1. The molecule has 8 heteroatoms. The van der Waals surface area contributed by atoms with Crippen LogP contribution in [0.25, 0.3) is 0 Å². The molecule has 0 aromatic carbocycles. The zero-order valence-electron chi connectivity index (χ0n) is 12.1.